The van der Waals surface area contributed by atoms with Crippen LogP contribution in [0.3, 0.4) is 0 Å². The van der Waals surface area contributed by atoms with Crippen LogP contribution in [0.15, 0.2) is 51.6 Å². The van der Waals surface area contributed by atoms with Gasteiger partial charge in [0.1, 0.15) is 0 Å². The lowest BCUT2D eigenvalue weighted by atomic mass is 10.1. The summed E-state index contributed by atoms with van der Waals surface area (Å²) < 4.78 is 6.45. The molecule has 1 aliphatic heterocycles. The van der Waals surface area contributed by atoms with E-state index in [0.29, 0.717) is 20.6 Å². The van der Waals surface area contributed by atoms with Crippen molar-refractivity contribution in [3.8, 4) is 0 Å². The molecule has 9 heteroatoms. The molecule has 25 heavy (non-hydrogen) atoms. The summed E-state index contributed by atoms with van der Waals surface area (Å²) in [5.41, 5.74) is 0.903. The minimum absolute atomic E-state index is 0.0431. The van der Waals surface area contributed by atoms with Crippen molar-refractivity contribution in [2.45, 2.75) is 0 Å². The van der Waals surface area contributed by atoms with E-state index < -0.39 is 10.9 Å². The second kappa shape index (κ2) is 7.22. The van der Waals surface area contributed by atoms with Crippen LogP contribution in [0.4, 0.5) is 5.69 Å². The number of ether oxygens (including phenoxy) is 1. The summed E-state index contributed by atoms with van der Waals surface area (Å²) in [5.74, 6) is -0.540. The number of rotatable bonds is 3. The average Bonchev–Trinajstić information content (AvgIpc) is 2.92. The van der Waals surface area contributed by atoms with Crippen LogP contribution >= 0.6 is 50.1 Å². The Bertz CT molecular complexity index is 975. The van der Waals surface area contributed by atoms with E-state index in [1.807, 2.05) is 6.07 Å². The fourth-order valence-electron chi connectivity index (χ4n) is 2.10. The quantitative estimate of drug-likeness (QED) is 0.184. The normalized spacial score (nSPS) is 15.2. The predicted octanol–water partition coefficient (Wildman–Crippen LogP) is 4.96. The third-order valence-corrected chi connectivity index (χ3v) is 4.92. The van der Waals surface area contributed by atoms with E-state index in [4.69, 9.17) is 16.3 Å². The van der Waals surface area contributed by atoms with Gasteiger partial charge in [-0.05, 0) is 74.4 Å². The minimum atomic E-state index is -0.643. The summed E-state index contributed by atoms with van der Waals surface area (Å²) in [6.07, 6.45) is 1.43. The Hall–Kier alpha value is -1.78. The number of carbonyl (C=O) groups is 1. The van der Waals surface area contributed by atoms with Crippen molar-refractivity contribution in [1.82, 2.24) is 0 Å². The van der Waals surface area contributed by atoms with E-state index >= 15 is 0 Å². The van der Waals surface area contributed by atoms with E-state index in [-0.39, 0.29) is 17.3 Å². The molecular formula is C16H7BrClIN2O4. The van der Waals surface area contributed by atoms with Gasteiger partial charge in [0, 0.05) is 9.64 Å². The SMILES string of the molecule is O=C1OC(c2cc(I)ccc2Cl)=N/C1=C\c1ccc(Br)c([N+](=O)[O-])c1. The van der Waals surface area contributed by atoms with Crippen molar-refractivity contribution >= 4 is 73.8 Å². The summed E-state index contributed by atoms with van der Waals surface area (Å²) in [6, 6.07) is 9.77. The average molecular weight is 534 g/mol. The Balaban J connectivity index is 2.00. The Morgan fingerprint density at radius 1 is 1.28 bits per heavy atom. The molecule has 0 saturated carbocycles. The van der Waals surface area contributed by atoms with E-state index in [2.05, 4.69) is 43.5 Å². The summed E-state index contributed by atoms with van der Waals surface area (Å²) in [5, 5.41) is 11.4. The van der Waals surface area contributed by atoms with E-state index in [1.165, 1.54) is 18.2 Å². The zero-order valence-corrected chi connectivity index (χ0v) is 16.7. The lowest BCUT2D eigenvalue weighted by Crippen LogP contribution is -2.06. The second-order valence-corrected chi connectivity index (χ2v) is 7.44. The van der Waals surface area contributed by atoms with E-state index in [9.17, 15) is 14.9 Å². The molecule has 2 aromatic rings. The molecule has 0 saturated heterocycles. The van der Waals surface area contributed by atoms with Gasteiger partial charge in [-0.15, -0.1) is 0 Å². The molecule has 0 fully saturated rings. The van der Waals surface area contributed by atoms with Crippen molar-refractivity contribution in [1.29, 1.82) is 0 Å². The molecule has 2 aromatic carbocycles. The van der Waals surface area contributed by atoms with Crippen LogP contribution < -0.4 is 0 Å². The second-order valence-electron chi connectivity index (χ2n) is 4.93. The maximum atomic E-state index is 12.1. The molecule has 1 heterocycles. The smallest absolute Gasteiger partial charge is 0.363 e. The minimum Gasteiger partial charge on any atom is -0.402 e. The molecule has 0 aromatic heterocycles. The van der Waals surface area contributed by atoms with Gasteiger partial charge < -0.3 is 4.74 Å². The molecule has 0 amide bonds. The third-order valence-electron chi connectivity index (χ3n) is 3.25. The van der Waals surface area contributed by atoms with Crippen LogP contribution in [0.5, 0.6) is 0 Å². The number of cyclic esters (lactones) is 1. The van der Waals surface area contributed by atoms with Crippen molar-refractivity contribution in [2.75, 3.05) is 0 Å². The molecule has 126 valence electrons. The van der Waals surface area contributed by atoms with Crippen LogP contribution in [0.25, 0.3) is 6.08 Å². The van der Waals surface area contributed by atoms with Gasteiger partial charge in [-0.2, -0.15) is 0 Å². The fourth-order valence-corrected chi connectivity index (χ4v) is 3.18. The molecule has 1 aliphatic rings. The first-order valence-corrected chi connectivity index (χ1v) is 9.02. The summed E-state index contributed by atoms with van der Waals surface area (Å²) >= 11 is 11.4. The Kier molecular flexibility index (Phi) is 5.21. The van der Waals surface area contributed by atoms with Gasteiger partial charge in [0.2, 0.25) is 5.90 Å². The summed E-state index contributed by atoms with van der Waals surface area (Å²) in [6.45, 7) is 0. The van der Waals surface area contributed by atoms with Gasteiger partial charge in [-0.1, -0.05) is 17.7 Å². The summed E-state index contributed by atoms with van der Waals surface area (Å²) in [7, 11) is 0. The van der Waals surface area contributed by atoms with Crippen molar-refractivity contribution in [2.24, 2.45) is 4.99 Å². The molecule has 0 bridgehead atoms. The maximum absolute atomic E-state index is 12.1. The zero-order valence-electron chi connectivity index (χ0n) is 12.2. The molecule has 6 nitrogen and oxygen atoms in total. The van der Waals surface area contributed by atoms with Crippen LogP contribution in [0, 0.1) is 13.7 Å². The van der Waals surface area contributed by atoms with Crippen molar-refractivity contribution < 1.29 is 14.5 Å². The first kappa shape index (κ1) is 18.0. The number of hydrogen-bond acceptors (Lipinski definition) is 5. The van der Waals surface area contributed by atoms with Gasteiger partial charge >= 0.3 is 5.97 Å². The van der Waals surface area contributed by atoms with Gasteiger partial charge in [-0.3, -0.25) is 10.1 Å². The molecular weight excluding hydrogens is 526 g/mol. The van der Waals surface area contributed by atoms with Gasteiger partial charge in [0.15, 0.2) is 5.70 Å². The van der Waals surface area contributed by atoms with E-state index in [0.717, 1.165) is 3.57 Å². The fraction of sp³-hybridized carbons (Fsp3) is 0. The highest BCUT2D eigenvalue weighted by Crippen LogP contribution is 2.28. The standard InChI is InChI=1S/C16H7BrClIN2O4/c17-11-3-1-8(6-14(11)21(23)24)5-13-16(22)25-15(20-13)10-7-9(19)2-4-12(10)18/h1-7H/b13-5-. The number of esters is 1. The molecule has 0 aliphatic carbocycles. The predicted molar refractivity (Wildman–Crippen MR) is 106 cm³/mol. The van der Waals surface area contributed by atoms with E-state index in [1.54, 1.807) is 18.2 Å². The number of benzene rings is 2. The largest absolute Gasteiger partial charge is 0.402 e. The maximum Gasteiger partial charge on any atom is 0.363 e. The van der Waals surface area contributed by atoms with Gasteiger partial charge in [0.25, 0.3) is 5.69 Å². The third kappa shape index (κ3) is 3.91. The van der Waals surface area contributed by atoms with Crippen LogP contribution in [-0.4, -0.2) is 16.8 Å². The molecule has 0 radical (unpaired) electrons. The molecule has 0 atom stereocenters. The summed E-state index contributed by atoms with van der Waals surface area (Å²) in [4.78, 5) is 26.7. The number of nitrogens with zero attached hydrogens (tertiary/aromatic N) is 2. The van der Waals surface area contributed by atoms with Gasteiger partial charge in [-0.25, -0.2) is 9.79 Å². The molecule has 0 N–H and O–H groups in total. The number of hydrogen-bond donors (Lipinski definition) is 0. The number of carbonyl (C=O) groups excluding carboxylic acids is 1. The number of nitro groups is 1. The zero-order chi connectivity index (χ0) is 18.1. The van der Waals surface area contributed by atoms with Crippen LogP contribution in [0.2, 0.25) is 5.02 Å². The number of aliphatic imine (C=N–C) groups is 1. The topological polar surface area (TPSA) is 81.8 Å². The first-order chi connectivity index (χ1) is 11.8. The van der Waals surface area contributed by atoms with Crippen LogP contribution in [0.1, 0.15) is 11.1 Å². The van der Waals surface area contributed by atoms with Crippen molar-refractivity contribution in [3.63, 3.8) is 0 Å². The molecule has 3 rings (SSSR count). The highest BCUT2D eigenvalue weighted by Gasteiger charge is 2.26. The number of nitro benzene ring substituents is 1. The van der Waals surface area contributed by atoms with Gasteiger partial charge in [0.05, 0.1) is 20.0 Å². The highest BCUT2D eigenvalue weighted by atomic mass is 127. The molecule has 0 unspecified atom stereocenters. The highest BCUT2D eigenvalue weighted by molar-refractivity contribution is 14.1. The molecule has 0 spiro atoms. The Morgan fingerprint density at radius 2 is 2.04 bits per heavy atom. The Morgan fingerprint density at radius 3 is 2.76 bits per heavy atom. The lowest BCUT2D eigenvalue weighted by Gasteiger charge is -2.02. The lowest BCUT2D eigenvalue weighted by molar-refractivity contribution is -0.385. The van der Waals surface area contributed by atoms with Crippen molar-refractivity contribution in [3.05, 3.63) is 76.4 Å². The monoisotopic (exact) mass is 532 g/mol. The number of halogens is 3. The Labute approximate surface area is 169 Å². The first-order valence-electron chi connectivity index (χ1n) is 6.77. The van der Waals surface area contributed by atoms with Crippen LogP contribution in [-0.2, 0) is 9.53 Å².